The molecule has 0 radical (unpaired) electrons. The Hall–Kier alpha value is -2.30. The Balaban J connectivity index is 2.00. The van der Waals surface area contributed by atoms with Crippen LogP contribution in [0.2, 0.25) is 0 Å². The Morgan fingerprint density at radius 1 is 0.895 bits per heavy atom. The van der Waals surface area contributed by atoms with Crippen LogP contribution >= 0.6 is 0 Å². The van der Waals surface area contributed by atoms with Gasteiger partial charge in [0, 0.05) is 0 Å². The zero-order chi connectivity index (χ0) is 12.9. The number of allylic oxidation sites excluding steroid dienone is 9. The lowest BCUT2D eigenvalue weighted by Gasteiger charge is -2.09. The molecule has 0 unspecified atom stereocenters. The third kappa shape index (κ3) is 2.76. The van der Waals surface area contributed by atoms with Crippen molar-refractivity contribution >= 4 is 5.57 Å². The van der Waals surface area contributed by atoms with Gasteiger partial charge in [-0.25, -0.2) is 0 Å². The van der Waals surface area contributed by atoms with Crippen LogP contribution in [0, 0.1) is 0 Å². The summed E-state index contributed by atoms with van der Waals surface area (Å²) in [6.07, 6.45) is 17.5. The highest BCUT2D eigenvalue weighted by Crippen LogP contribution is 2.25. The molecule has 0 aromatic heterocycles. The summed E-state index contributed by atoms with van der Waals surface area (Å²) in [5.74, 6) is 0. The molecular weight excluding hydrogens is 228 g/mol. The molecule has 0 saturated heterocycles. The van der Waals surface area contributed by atoms with Gasteiger partial charge in [-0.05, 0) is 59.4 Å². The van der Waals surface area contributed by atoms with Gasteiger partial charge in [0.1, 0.15) is 0 Å². The van der Waals surface area contributed by atoms with Gasteiger partial charge in [0.2, 0.25) is 0 Å². The third-order valence-corrected chi connectivity index (χ3v) is 3.34. The number of rotatable bonds is 2. The molecule has 0 heterocycles. The first-order chi connectivity index (χ1) is 9.43. The summed E-state index contributed by atoms with van der Waals surface area (Å²) in [6, 6.07) is 10.5. The van der Waals surface area contributed by atoms with Crippen LogP contribution in [0.3, 0.4) is 0 Å². The Kier molecular flexibility index (Phi) is 3.45. The molecule has 0 atom stereocenters. The summed E-state index contributed by atoms with van der Waals surface area (Å²) in [5, 5.41) is 0. The van der Waals surface area contributed by atoms with E-state index in [4.69, 9.17) is 0 Å². The molecule has 0 amide bonds. The maximum Gasteiger partial charge on any atom is -0.0101 e. The second-order valence-corrected chi connectivity index (χ2v) is 4.70. The normalized spacial score (nSPS) is 17.6. The van der Waals surface area contributed by atoms with Crippen molar-refractivity contribution < 1.29 is 0 Å². The van der Waals surface area contributed by atoms with Gasteiger partial charge in [-0.1, -0.05) is 48.6 Å². The minimum atomic E-state index is 1.13. The lowest BCUT2D eigenvalue weighted by atomic mass is 9.96. The number of hydrogen-bond acceptors (Lipinski definition) is 0. The van der Waals surface area contributed by atoms with E-state index in [0.29, 0.717) is 0 Å². The van der Waals surface area contributed by atoms with Gasteiger partial charge in [0.15, 0.2) is 0 Å². The van der Waals surface area contributed by atoms with E-state index in [2.05, 4.69) is 60.4 Å². The Bertz CT molecular complexity index is 643. The van der Waals surface area contributed by atoms with Gasteiger partial charge in [-0.2, -0.15) is 0 Å². The molecule has 0 bridgehead atoms. The first kappa shape index (κ1) is 11.8. The largest absolute Gasteiger partial charge is 0.120 e. The molecule has 0 saturated carbocycles. The summed E-state index contributed by atoms with van der Waals surface area (Å²) in [6.45, 7) is 0. The fourth-order valence-electron chi connectivity index (χ4n) is 2.34. The van der Waals surface area contributed by atoms with E-state index in [9.17, 15) is 0 Å². The molecule has 1 aromatic rings. The van der Waals surface area contributed by atoms with Gasteiger partial charge in [-0.15, -0.1) is 5.73 Å². The van der Waals surface area contributed by atoms with Crippen molar-refractivity contribution in [3.8, 4) is 0 Å². The molecule has 2 aliphatic rings. The van der Waals surface area contributed by atoms with Crippen molar-refractivity contribution in [2.24, 2.45) is 0 Å². The maximum absolute atomic E-state index is 3.22. The van der Waals surface area contributed by atoms with E-state index in [1.54, 1.807) is 0 Å². The van der Waals surface area contributed by atoms with E-state index in [-0.39, 0.29) is 0 Å². The number of hydrogen-bond donors (Lipinski definition) is 0. The van der Waals surface area contributed by atoms with Crippen molar-refractivity contribution in [2.45, 2.75) is 12.8 Å². The lowest BCUT2D eigenvalue weighted by molar-refractivity contribution is 1.02. The van der Waals surface area contributed by atoms with E-state index in [0.717, 1.165) is 12.8 Å². The Morgan fingerprint density at radius 3 is 2.58 bits per heavy atom. The van der Waals surface area contributed by atoms with E-state index >= 15 is 0 Å². The van der Waals surface area contributed by atoms with Crippen molar-refractivity contribution in [3.05, 3.63) is 95.3 Å². The summed E-state index contributed by atoms with van der Waals surface area (Å²) in [7, 11) is 0. The van der Waals surface area contributed by atoms with E-state index in [1.165, 1.54) is 22.3 Å². The Labute approximate surface area is 114 Å². The summed E-state index contributed by atoms with van der Waals surface area (Å²) in [5.41, 5.74) is 8.23. The molecule has 0 spiro atoms. The summed E-state index contributed by atoms with van der Waals surface area (Å²) >= 11 is 0. The van der Waals surface area contributed by atoms with Gasteiger partial charge >= 0.3 is 0 Å². The smallest absolute Gasteiger partial charge is 0.0101 e. The van der Waals surface area contributed by atoms with E-state index in [1.807, 2.05) is 18.2 Å². The second kappa shape index (κ2) is 5.56. The maximum atomic E-state index is 3.22. The summed E-state index contributed by atoms with van der Waals surface area (Å²) < 4.78 is 0. The van der Waals surface area contributed by atoms with Gasteiger partial charge in [0.05, 0.1) is 0 Å². The minimum absolute atomic E-state index is 1.13. The molecular formula is C19H16. The average molecular weight is 244 g/mol. The molecule has 0 N–H and O–H groups in total. The van der Waals surface area contributed by atoms with Crippen LogP contribution < -0.4 is 0 Å². The summed E-state index contributed by atoms with van der Waals surface area (Å²) in [4.78, 5) is 0. The molecule has 0 fully saturated rings. The highest BCUT2D eigenvalue weighted by Gasteiger charge is 2.05. The van der Waals surface area contributed by atoms with Crippen molar-refractivity contribution in [3.63, 3.8) is 0 Å². The molecule has 0 aliphatic heterocycles. The molecule has 0 nitrogen and oxygen atoms in total. The molecule has 2 aliphatic carbocycles. The van der Waals surface area contributed by atoms with Crippen LogP contribution in [0.5, 0.6) is 0 Å². The average Bonchev–Trinajstić information content (AvgIpc) is 2.75. The van der Waals surface area contributed by atoms with Crippen LogP contribution in [0.4, 0.5) is 0 Å². The predicted octanol–water partition coefficient (Wildman–Crippen LogP) is 5.00. The minimum Gasteiger partial charge on any atom is -0.120 e. The topological polar surface area (TPSA) is 0 Å². The third-order valence-electron chi connectivity index (χ3n) is 3.34. The van der Waals surface area contributed by atoms with Crippen LogP contribution in [-0.4, -0.2) is 0 Å². The molecule has 19 heavy (non-hydrogen) atoms. The van der Waals surface area contributed by atoms with Gasteiger partial charge in [0.25, 0.3) is 0 Å². The quantitative estimate of drug-likeness (QED) is 0.642. The first-order valence-electron chi connectivity index (χ1n) is 6.70. The number of benzene rings is 1. The monoisotopic (exact) mass is 244 g/mol. The van der Waals surface area contributed by atoms with Crippen molar-refractivity contribution in [1.29, 1.82) is 0 Å². The molecule has 92 valence electrons. The zero-order valence-electron chi connectivity index (χ0n) is 10.8. The van der Waals surface area contributed by atoms with Crippen LogP contribution in [-0.2, 0) is 0 Å². The van der Waals surface area contributed by atoms with Crippen LogP contribution in [0.15, 0.2) is 89.7 Å². The fraction of sp³-hybridized carbons (Fsp3) is 0.105. The molecule has 0 heteroatoms. The van der Waals surface area contributed by atoms with E-state index < -0.39 is 0 Å². The van der Waals surface area contributed by atoms with Gasteiger partial charge < -0.3 is 0 Å². The van der Waals surface area contributed by atoms with Crippen LogP contribution in [0.25, 0.3) is 5.57 Å². The standard InChI is InChI=1S/C19H16/c1-3-9-16(10-4-1)18-13-7-8-14-19(15-18)17-11-5-2-6-12-17/h1,3-5,8-15H,2,6H2. The Morgan fingerprint density at radius 2 is 1.79 bits per heavy atom. The van der Waals surface area contributed by atoms with Crippen molar-refractivity contribution in [1.82, 2.24) is 0 Å². The molecule has 3 rings (SSSR count). The van der Waals surface area contributed by atoms with Gasteiger partial charge in [-0.3, -0.25) is 0 Å². The highest BCUT2D eigenvalue weighted by molar-refractivity contribution is 5.78. The van der Waals surface area contributed by atoms with Crippen molar-refractivity contribution in [2.75, 3.05) is 0 Å². The lowest BCUT2D eigenvalue weighted by Crippen LogP contribution is -1.89. The first-order valence-corrected chi connectivity index (χ1v) is 6.70. The fourth-order valence-corrected chi connectivity index (χ4v) is 2.34. The SMILES string of the molecule is C1=CC=C(C2=CCCC=C2)C=C(c2ccccc2)C=1. The van der Waals surface area contributed by atoms with Crippen LogP contribution in [0.1, 0.15) is 18.4 Å². The zero-order valence-corrected chi connectivity index (χ0v) is 10.8. The molecule has 1 aromatic carbocycles. The second-order valence-electron chi connectivity index (χ2n) is 4.70. The predicted molar refractivity (Wildman–Crippen MR) is 81.6 cm³/mol. The highest BCUT2D eigenvalue weighted by atomic mass is 14.1.